The van der Waals surface area contributed by atoms with Crippen LogP contribution >= 0.6 is 11.6 Å². The largest absolute Gasteiger partial charge is 0.490 e. The van der Waals surface area contributed by atoms with Gasteiger partial charge >= 0.3 is 0 Å². The third kappa shape index (κ3) is 6.48. The quantitative estimate of drug-likeness (QED) is 0.683. The number of benzene rings is 2. The minimum absolute atomic E-state index is 0.0443. The van der Waals surface area contributed by atoms with Gasteiger partial charge in [0.25, 0.3) is 0 Å². The van der Waals surface area contributed by atoms with Gasteiger partial charge in [0.15, 0.2) is 0 Å². The van der Waals surface area contributed by atoms with Crippen LogP contribution in [0.25, 0.3) is 0 Å². The number of ether oxygens (including phenoxy) is 2. The number of rotatable bonds is 9. The summed E-state index contributed by atoms with van der Waals surface area (Å²) in [5.74, 6) is 1.47. The van der Waals surface area contributed by atoms with Crippen LogP contribution in [-0.4, -0.2) is 25.7 Å². The summed E-state index contributed by atoms with van der Waals surface area (Å²) < 4.78 is 11.2. The van der Waals surface area contributed by atoms with E-state index in [9.17, 15) is 4.79 Å². The Morgan fingerprint density at radius 2 is 1.50 bits per heavy atom. The highest BCUT2D eigenvalue weighted by molar-refractivity contribution is 6.30. The molecule has 0 bridgehead atoms. The molecule has 0 unspecified atom stereocenters. The molecule has 0 aliphatic carbocycles. The first-order chi connectivity index (χ1) is 11.7. The van der Waals surface area contributed by atoms with E-state index < -0.39 is 0 Å². The Balaban J connectivity index is 1.68. The summed E-state index contributed by atoms with van der Waals surface area (Å²) in [6, 6.07) is 14.8. The number of nitrogens with one attached hydrogen (secondary N) is 1. The summed E-state index contributed by atoms with van der Waals surface area (Å²) in [6.07, 6.45) is 0.342. The Morgan fingerprint density at radius 1 is 0.958 bits per heavy atom. The van der Waals surface area contributed by atoms with Crippen molar-refractivity contribution in [2.45, 2.75) is 13.0 Å². The number of carbonyl (C=O) groups excluding carboxylic acids is 1. The van der Waals surface area contributed by atoms with Crippen LogP contribution in [0.5, 0.6) is 11.5 Å². The van der Waals surface area contributed by atoms with Crippen LogP contribution in [0.3, 0.4) is 0 Å². The average Bonchev–Trinajstić information content (AvgIpc) is 2.60. The smallest absolute Gasteiger partial charge is 0.221 e. The van der Waals surface area contributed by atoms with Crippen molar-refractivity contribution in [1.82, 2.24) is 5.32 Å². The molecule has 0 aliphatic rings. The minimum atomic E-state index is -0.0443. The molecule has 0 saturated heterocycles. The second-order valence-corrected chi connectivity index (χ2v) is 5.55. The summed E-state index contributed by atoms with van der Waals surface area (Å²) >= 11 is 5.81. The van der Waals surface area contributed by atoms with Crippen LogP contribution in [0, 0.1) is 0 Å². The van der Waals surface area contributed by atoms with Gasteiger partial charge in [-0.25, -0.2) is 0 Å². The number of hydrogen-bond acceptors (Lipinski definition) is 4. The monoisotopic (exact) mass is 348 g/mol. The summed E-state index contributed by atoms with van der Waals surface area (Å²) in [5.41, 5.74) is 6.33. The molecule has 0 saturated carbocycles. The number of halogens is 1. The standard InChI is InChI=1S/C18H21ClN2O3/c19-15-3-7-17(8-4-15)24-12-11-23-16-5-1-14(2-6-16)13-21-18(22)9-10-20/h1-8H,9-13,20H2,(H,21,22). The summed E-state index contributed by atoms with van der Waals surface area (Å²) in [5, 5.41) is 3.48. The molecule has 2 aromatic carbocycles. The molecule has 0 fully saturated rings. The highest BCUT2D eigenvalue weighted by Gasteiger charge is 2.01. The van der Waals surface area contributed by atoms with E-state index in [-0.39, 0.29) is 5.91 Å². The van der Waals surface area contributed by atoms with Gasteiger partial charge in [0.1, 0.15) is 24.7 Å². The SMILES string of the molecule is NCCC(=O)NCc1ccc(OCCOc2ccc(Cl)cc2)cc1. The second-order valence-electron chi connectivity index (χ2n) is 5.11. The van der Waals surface area contributed by atoms with E-state index in [4.69, 9.17) is 26.8 Å². The first kappa shape index (κ1) is 18.1. The van der Waals surface area contributed by atoms with E-state index >= 15 is 0 Å². The molecule has 0 heterocycles. The Kier molecular flexibility index (Phi) is 7.39. The number of amides is 1. The fraction of sp³-hybridized carbons (Fsp3) is 0.278. The zero-order valence-corrected chi connectivity index (χ0v) is 14.1. The molecule has 2 aromatic rings. The lowest BCUT2D eigenvalue weighted by Crippen LogP contribution is -2.24. The lowest BCUT2D eigenvalue weighted by atomic mass is 10.2. The first-order valence-corrected chi connectivity index (χ1v) is 8.12. The molecule has 0 radical (unpaired) electrons. The molecule has 0 aliphatic heterocycles. The van der Waals surface area contributed by atoms with Gasteiger partial charge < -0.3 is 20.5 Å². The average molecular weight is 349 g/mol. The fourth-order valence-corrected chi connectivity index (χ4v) is 2.10. The van der Waals surface area contributed by atoms with E-state index in [1.807, 2.05) is 36.4 Å². The van der Waals surface area contributed by atoms with Crippen molar-refractivity contribution < 1.29 is 14.3 Å². The Morgan fingerprint density at radius 3 is 2.04 bits per heavy atom. The van der Waals surface area contributed by atoms with Crippen LogP contribution in [0.1, 0.15) is 12.0 Å². The Hall–Kier alpha value is -2.24. The summed E-state index contributed by atoms with van der Waals surface area (Å²) in [4.78, 5) is 11.4. The van der Waals surface area contributed by atoms with Crippen molar-refractivity contribution in [2.75, 3.05) is 19.8 Å². The number of nitrogens with two attached hydrogens (primary N) is 1. The predicted molar refractivity (Wildman–Crippen MR) is 94.4 cm³/mol. The Labute approximate surface area is 146 Å². The van der Waals surface area contributed by atoms with Crippen LogP contribution in [0.4, 0.5) is 0 Å². The second kappa shape index (κ2) is 9.80. The van der Waals surface area contributed by atoms with Crippen molar-refractivity contribution >= 4 is 17.5 Å². The highest BCUT2D eigenvalue weighted by Crippen LogP contribution is 2.16. The van der Waals surface area contributed by atoms with Gasteiger partial charge in [-0.3, -0.25) is 4.79 Å². The molecule has 1 amide bonds. The van der Waals surface area contributed by atoms with Gasteiger partial charge in [-0.05, 0) is 42.0 Å². The van der Waals surface area contributed by atoms with Crippen molar-refractivity contribution in [2.24, 2.45) is 5.73 Å². The summed E-state index contributed by atoms with van der Waals surface area (Å²) in [6.45, 7) is 1.73. The lowest BCUT2D eigenvalue weighted by Gasteiger charge is -2.09. The number of carbonyl (C=O) groups is 1. The van der Waals surface area contributed by atoms with E-state index in [1.54, 1.807) is 12.1 Å². The van der Waals surface area contributed by atoms with E-state index in [2.05, 4.69) is 5.32 Å². The molecule has 2 rings (SSSR count). The van der Waals surface area contributed by atoms with E-state index in [0.29, 0.717) is 37.7 Å². The van der Waals surface area contributed by atoms with Crippen LogP contribution < -0.4 is 20.5 Å². The van der Waals surface area contributed by atoms with Gasteiger partial charge in [-0.1, -0.05) is 23.7 Å². The third-order valence-electron chi connectivity index (χ3n) is 3.22. The minimum Gasteiger partial charge on any atom is -0.490 e. The van der Waals surface area contributed by atoms with Crippen molar-refractivity contribution in [1.29, 1.82) is 0 Å². The summed E-state index contributed by atoms with van der Waals surface area (Å²) in [7, 11) is 0. The van der Waals surface area contributed by atoms with E-state index in [0.717, 1.165) is 17.1 Å². The molecular weight excluding hydrogens is 328 g/mol. The lowest BCUT2D eigenvalue weighted by molar-refractivity contribution is -0.121. The maximum Gasteiger partial charge on any atom is 0.221 e. The molecule has 0 atom stereocenters. The van der Waals surface area contributed by atoms with Gasteiger partial charge in [0.05, 0.1) is 0 Å². The first-order valence-electron chi connectivity index (χ1n) is 7.74. The third-order valence-corrected chi connectivity index (χ3v) is 3.47. The van der Waals surface area contributed by atoms with Gasteiger partial charge in [0, 0.05) is 24.5 Å². The fourth-order valence-electron chi connectivity index (χ4n) is 1.97. The van der Waals surface area contributed by atoms with Crippen LogP contribution in [0.15, 0.2) is 48.5 Å². The predicted octanol–water partition coefficient (Wildman–Crippen LogP) is 2.76. The molecule has 24 heavy (non-hydrogen) atoms. The Bertz CT molecular complexity index is 630. The topological polar surface area (TPSA) is 73.6 Å². The van der Waals surface area contributed by atoms with Crippen molar-refractivity contribution in [3.8, 4) is 11.5 Å². The zero-order valence-electron chi connectivity index (χ0n) is 13.3. The number of hydrogen-bond donors (Lipinski definition) is 2. The highest BCUT2D eigenvalue weighted by atomic mass is 35.5. The van der Waals surface area contributed by atoms with Gasteiger partial charge in [-0.15, -0.1) is 0 Å². The van der Waals surface area contributed by atoms with E-state index in [1.165, 1.54) is 0 Å². The van der Waals surface area contributed by atoms with Crippen LogP contribution in [0.2, 0.25) is 5.02 Å². The maximum absolute atomic E-state index is 11.4. The zero-order chi connectivity index (χ0) is 17.2. The van der Waals surface area contributed by atoms with Gasteiger partial charge in [0.2, 0.25) is 5.91 Å². The molecule has 0 spiro atoms. The molecule has 3 N–H and O–H groups in total. The van der Waals surface area contributed by atoms with Gasteiger partial charge in [-0.2, -0.15) is 0 Å². The molecule has 6 heteroatoms. The normalized spacial score (nSPS) is 10.2. The molecule has 128 valence electrons. The van der Waals surface area contributed by atoms with Crippen molar-refractivity contribution in [3.05, 3.63) is 59.1 Å². The van der Waals surface area contributed by atoms with Crippen LogP contribution in [-0.2, 0) is 11.3 Å². The van der Waals surface area contributed by atoms with Crippen molar-refractivity contribution in [3.63, 3.8) is 0 Å². The molecule has 0 aromatic heterocycles. The maximum atomic E-state index is 11.4. The molecule has 5 nitrogen and oxygen atoms in total. The molecular formula is C18H21ClN2O3.